The van der Waals surface area contributed by atoms with Crippen LogP contribution in [-0.4, -0.2) is 39.8 Å². The van der Waals surface area contributed by atoms with E-state index < -0.39 is 0 Å². The fraction of sp³-hybridized carbons (Fsp3) is 0.417. The molecule has 1 N–H and O–H groups in total. The largest absolute Gasteiger partial charge is 0.411 e. The second-order valence-electron chi connectivity index (χ2n) is 4.36. The number of hydrogen-bond acceptors (Lipinski definition) is 4. The highest BCUT2D eigenvalue weighted by Gasteiger charge is 2.26. The smallest absolute Gasteiger partial charge is 0.272 e. The van der Waals surface area contributed by atoms with E-state index in [4.69, 9.17) is 16.8 Å². The zero-order chi connectivity index (χ0) is 13.1. The van der Waals surface area contributed by atoms with E-state index in [0.717, 1.165) is 5.71 Å². The molecule has 0 radical (unpaired) electrons. The number of halogens is 1. The third-order valence-corrected chi connectivity index (χ3v) is 3.29. The minimum atomic E-state index is -0.115. The molecule has 0 saturated carbocycles. The Morgan fingerprint density at radius 1 is 1.61 bits per heavy atom. The normalized spacial score (nSPS) is 22.2. The second-order valence-corrected chi connectivity index (χ2v) is 4.79. The van der Waals surface area contributed by atoms with Crippen molar-refractivity contribution in [3.05, 3.63) is 29.0 Å². The summed E-state index contributed by atoms with van der Waals surface area (Å²) < 4.78 is 0. The van der Waals surface area contributed by atoms with Crippen molar-refractivity contribution in [2.75, 3.05) is 13.1 Å². The van der Waals surface area contributed by atoms with Crippen molar-refractivity contribution in [2.24, 2.45) is 11.1 Å². The van der Waals surface area contributed by atoms with Crippen LogP contribution in [0.25, 0.3) is 0 Å². The predicted molar refractivity (Wildman–Crippen MR) is 68.2 cm³/mol. The molecule has 1 unspecified atom stereocenters. The van der Waals surface area contributed by atoms with Gasteiger partial charge in [0.2, 0.25) is 0 Å². The first-order chi connectivity index (χ1) is 8.61. The quantitative estimate of drug-likeness (QED) is 0.626. The average molecular weight is 268 g/mol. The first kappa shape index (κ1) is 12.8. The van der Waals surface area contributed by atoms with Gasteiger partial charge in [-0.05, 0) is 12.1 Å². The highest BCUT2D eigenvalue weighted by molar-refractivity contribution is 6.30. The molecule has 1 aromatic heterocycles. The summed E-state index contributed by atoms with van der Waals surface area (Å²) in [7, 11) is 0. The van der Waals surface area contributed by atoms with Crippen molar-refractivity contribution in [1.82, 2.24) is 9.88 Å². The van der Waals surface area contributed by atoms with Gasteiger partial charge in [0.15, 0.2) is 0 Å². The van der Waals surface area contributed by atoms with E-state index >= 15 is 0 Å². The number of carbonyl (C=O) groups excluding carboxylic acids is 1. The molecule has 1 amide bonds. The first-order valence-corrected chi connectivity index (χ1v) is 6.11. The highest BCUT2D eigenvalue weighted by Crippen LogP contribution is 2.16. The van der Waals surface area contributed by atoms with Gasteiger partial charge in [-0.1, -0.05) is 23.7 Å². The zero-order valence-electron chi connectivity index (χ0n) is 10.0. The summed E-state index contributed by atoms with van der Waals surface area (Å²) in [5.74, 6) is -0.0458. The number of aromatic nitrogens is 1. The number of likely N-dealkylation sites (tertiary alicyclic amines) is 1. The standard InChI is InChI=1S/C12H14ClN3O2/c1-8-7-16(5-4-10(8)15-18)12(17)11-3-2-9(13)6-14-11/h2-3,6,8,18H,4-5,7H2,1H3/b15-10+. The van der Waals surface area contributed by atoms with Crippen LogP contribution in [-0.2, 0) is 0 Å². The summed E-state index contributed by atoms with van der Waals surface area (Å²) in [5.41, 5.74) is 1.12. The fourth-order valence-electron chi connectivity index (χ4n) is 2.02. The second kappa shape index (κ2) is 5.35. The lowest BCUT2D eigenvalue weighted by Crippen LogP contribution is -2.43. The van der Waals surface area contributed by atoms with E-state index in [2.05, 4.69) is 10.1 Å². The van der Waals surface area contributed by atoms with Crippen molar-refractivity contribution in [1.29, 1.82) is 0 Å². The van der Waals surface area contributed by atoms with Gasteiger partial charge in [-0.15, -0.1) is 0 Å². The van der Waals surface area contributed by atoms with Crippen molar-refractivity contribution >= 4 is 23.2 Å². The van der Waals surface area contributed by atoms with Gasteiger partial charge in [0.1, 0.15) is 5.69 Å². The maximum atomic E-state index is 12.2. The Bertz CT molecular complexity index is 473. The van der Waals surface area contributed by atoms with E-state index in [1.54, 1.807) is 17.0 Å². The summed E-state index contributed by atoms with van der Waals surface area (Å²) in [6.07, 6.45) is 2.06. The summed E-state index contributed by atoms with van der Waals surface area (Å²) in [6, 6.07) is 3.26. The molecule has 1 saturated heterocycles. The van der Waals surface area contributed by atoms with Crippen molar-refractivity contribution in [2.45, 2.75) is 13.3 Å². The molecule has 1 aromatic rings. The van der Waals surface area contributed by atoms with Gasteiger partial charge in [-0.2, -0.15) is 0 Å². The molecule has 18 heavy (non-hydrogen) atoms. The van der Waals surface area contributed by atoms with Gasteiger partial charge in [-0.3, -0.25) is 4.79 Å². The number of hydrogen-bond donors (Lipinski definition) is 1. The molecule has 1 aliphatic heterocycles. The van der Waals surface area contributed by atoms with Crippen LogP contribution in [0.4, 0.5) is 0 Å². The Balaban J connectivity index is 2.09. The lowest BCUT2D eigenvalue weighted by Gasteiger charge is -2.31. The van der Waals surface area contributed by atoms with Gasteiger partial charge >= 0.3 is 0 Å². The van der Waals surface area contributed by atoms with Gasteiger partial charge in [-0.25, -0.2) is 4.98 Å². The zero-order valence-corrected chi connectivity index (χ0v) is 10.8. The topological polar surface area (TPSA) is 65.8 Å². The lowest BCUT2D eigenvalue weighted by atomic mass is 9.97. The predicted octanol–water partition coefficient (Wildman–Crippen LogP) is 2.05. The molecule has 5 nitrogen and oxygen atoms in total. The van der Waals surface area contributed by atoms with Crippen LogP contribution in [0.5, 0.6) is 0 Å². The maximum absolute atomic E-state index is 12.2. The highest BCUT2D eigenvalue weighted by atomic mass is 35.5. The molecule has 0 bridgehead atoms. The van der Waals surface area contributed by atoms with Crippen LogP contribution in [0.15, 0.2) is 23.5 Å². The van der Waals surface area contributed by atoms with Gasteiger partial charge in [0.25, 0.3) is 5.91 Å². The molecule has 1 aliphatic rings. The fourth-order valence-corrected chi connectivity index (χ4v) is 2.13. The van der Waals surface area contributed by atoms with Crippen molar-refractivity contribution in [3.8, 4) is 0 Å². The molecular formula is C12H14ClN3O2. The Labute approximate surface area is 110 Å². The van der Waals surface area contributed by atoms with Gasteiger partial charge in [0, 0.05) is 31.6 Å². The molecule has 2 rings (SSSR count). The third kappa shape index (κ3) is 2.61. The Morgan fingerprint density at radius 3 is 2.94 bits per heavy atom. The van der Waals surface area contributed by atoms with Crippen molar-refractivity contribution in [3.63, 3.8) is 0 Å². The third-order valence-electron chi connectivity index (χ3n) is 3.06. The number of nitrogens with zero attached hydrogens (tertiary/aromatic N) is 3. The maximum Gasteiger partial charge on any atom is 0.272 e. The summed E-state index contributed by atoms with van der Waals surface area (Å²) in [4.78, 5) is 17.9. The Kier molecular flexibility index (Phi) is 3.81. The molecule has 0 spiro atoms. The summed E-state index contributed by atoms with van der Waals surface area (Å²) in [5, 5.41) is 12.6. The van der Waals surface area contributed by atoms with E-state index in [9.17, 15) is 4.79 Å². The number of carbonyl (C=O) groups is 1. The van der Waals surface area contributed by atoms with E-state index in [0.29, 0.717) is 30.2 Å². The van der Waals surface area contributed by atoms with Crippen LogP contribution in [0, 0.1) is 5.92 Å². The van der Waals surface area contributed by atoms with Crippen LogP contribution < -0.4 is 0 Å². The summed E-state index contributed by atoms with van der Waals surface area (Å²) in [6.45, 7) is 3.03. The van der Waals surface area contributed by atoms with Crippen molar-refractivity contribution < 1.29 is 10.0 Å². The molecule has 0 aromatic carbocycles. The SMILES string of the molecule is CC1CN(C(=O)c2ccc(Cl)cn2)CC/C1=N\O. The molecule has 1 fully saturated rings. The van der Waals surface area contributed by atoms with Gasteiger partial charge in [0.05, 0.1) is 10.7 Å². The van der Waals surface area contributed by atoms with Gasteiger partial charge < -0.3 is 10.1 Å². The lowest BCUT2D eigenvalue weighted by molar-refractivity contribution is 0.0728. The number of rotatable bonds is 1. The molecular weight excluding hydrogens is 254 g/mol. The van der Waals surface area contributed by atoms with E-state index in [1.807, 2.05) is 6.92 Å². The van der Waals surface area contributed by atoms with Crippen LogP contribution >= 0.6 is 11.6 Å². The van der Waals surface area contributed by atoms with Crippen LogP contribution in [0.2, 0.25) is 5.02 Å². The van der Waals surface area contributed by atoms with E-state index in [1.165, 1.54) is 6.20 Å². The Morgan fingerprint density at radius 2 is 2.39 bits per heavy atom. The average Bonchev–Trinajstić information content (AvgIpc) is 2.38. The van der Waals surface area contributed by atoms with Crippen LogP contribution in [0.3, 0.4) is 0 Å². The number of oxime groups is 1. The number of piperidine rings is 1. The summed E-state index contributed by atoms with van der Waals surface area (Å²) >= 11 is 5.73. The Hall–Kier alpha value is -1.62. The minimum Gasteiger partial charge on any atom is -0.411 e. The number of amides is 1. The molecule has 2 heterocycles. The first-order valence-electron chi connectivity index (χ1n) is 5.73. The van der Waals surface area contributed by atoms with E-state index in [-0.39, 0.29) is 11.8 Å². The number of pyridine rings is 1. The molecule has 1 atom stereocenters. The van der Waals surface area contributed by atoms with Crippen LogP contribution in [0.1, 0.15) is 23.8 Å². The monoisotopic (exact) mass is 267 g/mol. The molecule has 6 heteroatoms. The molecule has 0 aliphatic carbocycles. The minimum absolute atomic E-state index is 0.0694. The molecule has 96 valence electrons.